The molecule has 1 amide bonds. The number of fused-ring (bicyclic) bond motifs is 2. The van der Waals surface area contributed by atoms with Gasteiger partial charge in [0, 0.05) is 6.54 Å². The van der Waals surface area contributed by atoms with Crippen molar-refractivity contribution in [3.05, 3.63) is 29.8 Å². The van der Waals surface area contributed by atoms with Crippen molar-refractivity contribution < 1.29 is 19.4 Å². The van der Waals surface area contributed by atoms with E-state index in [0.29, 0.717) is 30.4 Å². The van der Waals surface area contributed by atoms with E-state index in [1.807, 2.05) is 20.8 Å². The maximum atomic E-state index is 11.9. The largest absolute Gasteiger partial charge is 0.491 e. The molecule has 0 spiro atoms. The van der Waals surface area contributed by atoms with Gasteiger partial charge in [-0.15, -0.1) is 0 Å². The van der Waals surface area contributed by atoms with Crippen LogP contribution in [-0.4, -0.2) is 36.1 Å². The lowest BCUT2D eigenvalue weighted by Crippen LogP contribution is -2.35. The Morgan fingerprint density at radius 1 is 1.09 bits per heavy atom. The van der Waals surface area contributed by atoms with Crippen molar-refractivity contribution in [2.75, 3.05) is 13.2 Å². The fourth-order valence-electron chi connectivity index (χ4n) is 5.83. The third kappa shape index (κ3) is 9.18. The van der Waals surface area contributed by atoms with Crippen LogP contribution in [0, 0.1) is 35.0 Å². The lowest BCUT2D eigenvalue weighted by atomic mass is 9.63. The molecule has 3 rings (SSSR count). The normalized spacial score (nSPS) is 25.1. The van der Waals surface area contributed by atoms with Gasteiger partial charge in [0.15, 0.2) is 0 Å². The second-order valence-electron chi connectivity index (χ2n) is 11.4. The molecule has 34 heavy (non-hydrogen) atoms. The van der Waals surface area contributed by atoms with E-state index in [2.05, 4.69) is 11.4 Å². The Bertz CT molecular complexity index is 797. The van der Waals surface area contributed by atoms with E-state index >= 15 is 0 Å². The molecular formula is C28H42N2O4. The molecule has 1 aromatic rings. The van der Waals surface area contributed by atoms with Crippen LogP contribution in [-0.2, 0) is 4.74 Å². The predicted molar refractivity (Wildman–Crippen MR) is 132 cm³/mol. The van der Waals surface area contributed by atoms with Crippen molar-refractivity contribution >= 4 is 6.09 Å². The van der Waals surface area contributed by atoms with Crippen molar-refractivity contribution in [3.8, 4) is 11.8 Å². The molecule has 6 heteroatoms. The molecule has 0 radical (unpaired) electrons. The van der Waals surface area contributed by atoms with Crippen molar-refractivity contribution in [1.82, 2.24) is 5.32 Å². The average molecular weight is 471 g/mol. The topological polar surface area (TPSA) is 91.6 Å². The van der Waals surface area contributed by atoms with Crippen LogP contribution in [0.4, 0.5) is 4.79 Å². The monoisotopic (exact) mass is 470 g/mol. The molecule has 2 N–H and O–H groups in total. The second-order valence-corrected chi connectivity index (χ2v) is 11.4. The molecule has 2 saturated carbocycles. The standard InChI is InChI=1S/C28H42N2O4/c1-28(2,3)34-27(32)30-12-11-22-15-23-13-21(14-24(16-22)17-23)5-4-6-25(31)19-33-26-9-7-20(18-29)8-10-26/h7-10,21-25,31H,4-6,11-17,19H2,1-3H3,(H,30,32). The SMILES string of the molecule is CC(C)(C)OC(=O)NCCC1CC2CC(CCCC(O)COc3ccc(C#N)cc3)CC(C1)C2. The van der Waals surface area contributed by atoms with Gasteiger partial charge in [-0.2, -0.15) is 5.26 Å². The molecule has 188 valence electrons. The van der Waals surface area contributed by atoms with E-state index in [1.165, 1.54) is 38.5 Å². The van der Waals surface area contributed by atoms with Crippen LogP contribution in [0.15, 0.2) is 24.3 Å². The number of amides is 1. The van der Waals surface area contributed by atoms with E-state index in [1.54, 1.807) is 24.3 Å². The molecule has 2 fully saturated rings. The van der Waals surface area contributed by atoms with E-state index in [-0.39, 0.29) is 6.09 Å². The number of rotatable bonds is 10. The van der Waals surface area contributed by atoms with E-state index in [9.17, 15) is 9.90 Å². The average Bonchev–Trinajstić information content (AvgIpc) is 2.76. The Labute approximate surface area is 205 Å². The highest BCUT2D eigenvalue weighted by Crippen LogP contribution is 2.47. The molecule has 0 aliphatic heterocycles. The zero-order valence-electron chi connectivity index (χ0n) is 21.1. The fourth-order valence-corrected chi connectivity index (χ4v) is 5.83. The zero-order valence-corrected chi connectivity index (χ0v) is 21.1. The maximum Gasteiger partial charge on any atom is 0.407 e. The van der Waals surface area contributed by atoms with Gasteiger partial charge in [-0.25, -0.2) is 4.79 Å². The van der Waals surface area contributed by atoms with Crippen LogP contribution >= 0.6 is 0 Å². The smallest absolute Gasteiger partial charge is 0.407 e. The predicted octanol–water partition coefficient (Wildman–Crippen LogP) is 5.83. The Morgan fingerprint density at radius 3 is 2.29 bits per heavy atom. The number of nitrogens with zero attached hydrogens (tertiary/aromatic N) is 1. The third-order valence-electron chi connectivity index (χ3n) is 7.13. The third-order valence-corrected chi connectivity index (χ3v) is 7.13. The summed E-state index contributed by atoms with van der Waals surface area (Å²) >= 11 is 0. The van der Waals surface area contributed by atoms with Gasteiger partial charge in [-0.1, -0.05) is 12.8 Å². The second kappa shape index (κ2) is 12.4. The Kier molecular flexibility index (Phi) is 9.64. The number of hydrogen-bond donors (Lipinski definition) is 2. The first-order valence-corrected chi connectivity index (χ1v) is 13.0. The minimum atomic E-state index is -0.458. The van der Waals surface area contributed by atoms with Gasteiger partial charge in [0.1, 0.15) is 18.0 Å². The van der Waals surface area contributed by atoms with Crippen LogP contribution in [0.25, 0.3) is 0 Å². The number of aliphatic hydroxyl groups is 1. The zero-order chi connectivity index (χ0) is 24.6. The summed E-state index contributed by atoms with van der Waals surface area (Å²) in [4.78, 5) is 11.9. The van der Waals surface area contributed by atoms with Crippen LogP contribution in [0.2, 0.25) is 0 Å². The summed E-state index contributed by atoms with van der Waals surface area (Å²) in [5.74, 6) is 3.80. The van der Waals surface area contributed by atoms with Crippen molar-refractivity contribution in [2.45, 2.75) is 90.3 Å². The molecule has 6 nitrogen and oxygen atoms in total. The number of ether oxygens (including phenoxy) is 2. The number of carbonyl (C=O) groups is 1. The molecule has 2 aliphatic carbocycles. The first-order valence-electron chi connectivity index (χ1n) is 13.0. The quantitative estimate of drug-likeness (QED) is 0.449. The molecule has 0 saturated heterocycles. The minimum Gasteiger partial charge on any atom is -0.491 e. The number of hydrogen-bond acceptors (Lipinski definition) is 5. The van der Waals surface area contributed by atoms with Gasteiger partial charge < -0.3 is 19.9 Å². The van der Waals surface area contributed by atoms with Crippen molar-refractivity contribution in [2.24, 2.45) is 23.7 Å². The number of nitriles is 1. The van der Waals surface area contributed by atoms with Crippen LogP contribution in [0.3, 0.4) is 0 Å². The maximum absolute atomic E-state index is 11.9. The summed E-state index contributed by atoms with van der Waals surface area (Å²) in [6.45, 7) is 6.65. The van der Waals surface area contributed by atoms with E-state index in [4.69, 9.17) is 14.7 Å². The van der Waals surface area contributed by atoms with Gasteiger partial charge in [0.05, 0.1) is 17.7 Å². The van der Waals surface area contributed by atoms with Crippen molar-refractivity contribution in [1.29, 1.82) is 5.26 Å². The Hall–Kier alpha value is -2.26. The summed E-state index contributed by atoms with van der Waals surface area (Å²) in [7, 11) is 0. The summed E-state index contributed by atoms with van der Waals surface area (Å²) in [6, 6.07) is 9.08. The number of nitrogens with one attached hydrogen (secondary N) is 1. The van der Waals surface area contributed by atoms with Gasteiger partial charge in [-0.3, -0.25) is 0 Å². The van der Waals surface area contributed by atoms with Gasteiger partial charge in [0.2, 0.25) is 0 Å². The van der Waals surface area contributed by atoms with Crippen molar-refractivity contribution in [3.63, 3.8) is 0 Å². The summed E-state index contributed by atoms with van der Waals surface area (Å²) < 4.78 is 11.0. The number of carbonyl (C=O) groups excluding carboxylic acids is 1. The van der Waals surface area contributed by atoms with Gasteiger partial charge in [-0.05, 0) is 114 Å². The minimum absolute atomic E-state index is 0.292. The number of alkyl carbamates (subject to hydrolysis) is 1. The van der Waals surface area contributed by atoms with Gasteiger partial charge >= 0.3 is 6.09 Å². The number of benzene rings is 1. The lowest BCUT2D eigenvalue weighted by molar-refractivity contribution is 0.0513. The fraction of sp³-hybridized carbons (Fsp3) is 0.714. The summed E-state index contributed by atoms with van der Waals surface area (Å²) in [5.41, 5.74) is 0.156. The van der Waals surface area contributed by atoms with Crippen LogP contribution < -0.4 is 10.1 Å². The summed E-state index contributed by atoms with van der Waals surface area (Å²) in [6.07, 6.45) is 9.81. The van der Waals surface area contributed by atoms with E-state index in [0.717, 1.165) is 37.0 Å². The highest BCUT2D eigenvalue weighted by molar-refractivity contribution is 5.67. The molecule has 2 bridgehead atoms. The molecule has 2 aliphatic rings. The first-order chi connectivity index (χ1) is 16.2. The van der Waals surface area contributed by atoms with Crippen LogP contribution in [0.5, 0.6) is 5.75 Å². The number of aliphatic hydroxyl groups excluding tert-OH is 1. The Morgan fingerprint density at radius 2 is 1.71 bits per heavy atom. The molecule has 0 heterocycles. The first kappa shape index (κ1) is 26.3. The summed E-state index contributed by atoms with van der Waals surface area (Å²) in [5, 5.41) is 22.1. The van der Waals surface area contributed by atoms with Gasteiger partial charge in [0.25, 0.3) is 0 Å². The molecule has 0 aromatic heterocycles. The molecule has 3 unspecified atom stereocenters. The lowest BCUT2D eigenvalue weighted by Gasteiger charge is -2.43. The Balaban J connectivity index is 1.28. The highest BCUT2D eigenvalue weighted by Gasteiger charge is 2.35. The van der Waals surface area contributed by atoms with E-state index < -0.39 is 11.7 Å². The molecule has 3 atom stereocenters. The highest BCUT2D eigenvalue weighted by atomic mass is 16.6. The molecular weight excluding hydrogens is 428 g/mol. The van der Waals surface area contributed by atoms with Crippen LogP contribution in [0.1, 0.15) is 84.1 Å². The molecule has 1 aromatic carbocycles.